The summed E-state index contributed by atoms with van der Waals surface area (Å²) in [6, 6.07) is 5.49. The Morgan fingerprint density at radius 3 is 2.57 bits per heavy atom. The van der Waals surface area contributed by atoms with Crippen LogP contribution < -0.4 is 5.56 Å². The van der Waals surface area contributed by atoms with E-state index in [2.05, 4.69) is 4.98 Å². The molecule has 1 fully saturated rings. The smallest absolute Gasteiger partial charge is 0.260 e. The van der Waals surface area contributed by atoms with Crippen LogP contribution >= 0.6 is 13.5 Å². The van der Waals surface area contributed by atoms with E-state index in [-0.39, 0.29) is 30.1 Å². The number of fused-ring (bicyclic) bond motifs is 1. The molecule has 0 unspecified atom stereocenters. The van der Waals surface area contributed by atoms with E-state index in [1.807, 2.05) is 19.1 Å². The van der Waals surface area contributed by atoms with Crippen LogP contribution in [0.1, 0.15) is 25.3 Å². The minimum atomic E-state index is -3.61. The summed E-state index contributed by atoms with van der Waals surface area (Å²) in [5.74, 6) is 0. The summed E-state index contributed by atoms with van der Waals surface area (Å²) >= 11 is 0. The third-order valence-corrected chi connectivity index (χ3v) is 7.22. The Kier molecular flexibility index (Phi) is 5.44. The fourth-order valence-electron chi connectivity index (χ4n) is 3.74. The molecule has 0 saturated carbocycles. The molecule has 4 rings (SSSR count). The van der Waals surface area contributed by atoms with Gasteiger partial charge in [-0.25, -0.2) is 13.4 Å². The van der Waals surface area contributed by atoms with Gasteiger partial charge in [0.15, 0.2) is 5.03 Å². The van der Waals surface area contributed by atoms with Crippen molar-refractivity contribution in [2.24, 2.45) is 7.05 Å². The molecule has 9 heteroatoms. The first kappa shape index (κ1) is 20.6. The highest BCUT2D eigenvalue weighted by molar-refractivity contribution is 7.89. The minimum Gasteiger partial charge on any atom is -0.318 e. The van der Waals surface area contributed by atoms with Crippen molar-refractivity contribution >= 4 is 29.2 Å². The Labute approximate surface area is 171 Å². The lowest BCUT2D eigenvalue weighted by molar-refractivity contribution is 0.406. The van der Waals surface area contributed by atoms with Crippen molar-refractivity contribution < 1.29 is 8.42 Å². The van der Waals surface area contributed by atoms with Gasteiger partial charge >= 0.3 is 0 Å². The zero-order valence-electron chi connectivity index (χ0n) is 16.1. The van der Waals surface area contributed by atoms with E-state index in [9.17, 15) is 13.2 Å². The third kappa shape index (κ3) is 3.27. The maximum absolute atomic E-state index is 13.1. The molecule has 0 bridgehead atoms. The number of aryl methyl sites for hydroxylation is 2. The molecule has 1 saturated heterocycles. The molecule has 4 heterocycles. The average molecular weight is 421 g/mol. The van der Waals surface area contributed by atoms with Crippen LogP contribution in [0, 0.1) is 6.92 Å². The van der Waals surface area contributed by atoms with E-state index in [0.717, 1.165) is 24.0 Å². The van der Waals surface area contributed by atoms with Gasteiger partial charge < -0.3 is 4.57 Å². The van der Waals surface area contributed by atoms with Crippen molar-refractivity contribution in [3.8, 4) is 11.1 Å². The Bertz CT molecular complexity index is 1170. The molecule has 28 heavy (non-hydrogen) atoms. The molecule has 1 aliphatic rings. The van der Waals surface area contributed by atoms with Gasteiger partial charge in [0.25, 0.3) is 15.6 Å². The zero-order valence-corrected chi connectivity index (χ0v) is 17.9. The highest BCUT2D eigenvalue weighted by atomic mass is 32.2. The van der Waals surface area contributed by atoms with Gasteiger partial charge in [0, 0.05) is 37.6 Å². The van der Waals surface area contributed by atoms with Crippen LogP contribution in [0.5, 0.6) is 0 Å². The van der Waals surface area contributed by atoms with E-state index in [4.69, 9.17) is 0 Å². The fraction of sp³-hybridized carbons (Fsp3) is 0.368. The first-order valence-electron chi connectivity index (χ1n) is 8.95. The predicted molar refractivity (Wildman–Crippen MR) is 114 cm³/mol. The summed E-state index contributed by atoms with van der Waals surface area (Å²) in [6.45, 7) is 4.25. The highest BCUT2D eigenvalue weighted by Crippen LogP contribution is 2.27. The number of nitrogens with zero attached hydrogens (tertiary/aromatic N) is 4. The number of imidazole rings is 1. The highest BCUT2D eigenvalue weighted by Gasteiger charge is 2.34. The average Bonchev–Trinajstić information content (AvgIpc) is 3.25. The van der Waals surface area contributed by atoms with E-state index in [1.165, 1.54) is 10.8 Å². The van der Waals surface area contributed by atoms with Gasteiger partial charge in [-0.2, -0.15) is 17.8 Å². The number of rotatable bonds is 3. The molecule has 3 aromatic heterocycles. The summed E-state index contributed by atoms with van der Waals surface area (Å²) in [7, 11) is -1.91. The van der Waals surface area contributed by atoms with Gasteiger partial charge in [-0.15, -0.1) is 0 Å². The molecular formula is C19H24N4O3S2. The first-order chi connectivity index (χ1) is 12.8. The van der Waals surface area contributed by atoms with Crippen LogP contribution in [0.25, 0.3) is 16.8 Å². The number of hydrogen-bond acceptors (Lipinski definition) is 4. The lowest BCUT2D eigenvalue weighted by Gasteiger charge is -2.20. The maximum atomic E-state index is 13.1. The molecule has 1 atom stereocenters. The summed E-state index contributed by atoms with van der Waals surface area (Å²) in [6.07, 6.45) is 6.70. The van der Waals surface area contributed by atoms with Crippen LogP contribution in [-0.2, 0) is 17.1 Å². The van der Waals surface area contributed by atoms with Gasteiger partial charge in [-0.1, -0.05) is 0 Å². The molecule has 0 amide bonds. The second-order valence-corrected chi connectivity index (χ2v) is 9.01. The van der Waals surface area contributed by atoms with Crippen molar-refractivity contribution in [3.63, 3.8) is 0 Å². The van der Waals surface area contributed by atoms with E-state index < -0.39 is 10.0 Å². The van der Waals surface area contributed by atoms with E-state index >= 15 is 0 Å². The maximum Gasteiger partial charge on any atom is 0.260 e. The largest absolute Gasteiger partial charge is 0.318 e. The minimum absolute atomic E-state index is 0. The van der Waals surface area contributed by atoms with Gasteiger partial charge in [-0.05, 0) is 56.0 Å². The monoisotopic (exact) mass is 420 g/mol. The Balaban J connectivity index is 0.00000225. The van der Waals surface area contributed by atoms with Crippen LogP contribution in [0.3, 0.4) is 0 Å². The van der Waals surface area contributed by atoms with Crippen LogP contribution in [0.4, 0.5) is 0 Å². The van der Waals surface area contributed by atoms with E-state index in [0.29, 0.717) is 17.8 Å². The molecule has 7 nitrogen and oxygen atoms in total. The van der Waals surface area contributed by atoms with Gasteiger partial charge in [0.05, 0.1) is 6.20 Å². The van der Waals surface area contributed by atoms with Crippen molar-refractivity contribution in [3.05, 3.63) is 52.7 Å². The van der Waals surface area contributed by atoms with Gasteiger partial charge in [0.2, 0.25) is 0 Å². The Hall–Kier alpha value is -2.10. The summed E-state index contributed by atoms with van der Waals surface area (Å²) in [5, 5.41) is 0.176. The van der Waals surface area contributed by atoms with Crippen molar-refractivity contribution in [2.45, 2.75) is 37.8 Å². The Morgan fingerprint density at radius 2 is 1.93 bits per heavy atom. The molecule has 0 spiro atoms. The first-order valence-corrected chi connectivity index (χ1v) is 10.4. The topological polar surface area (TPSA) is 76.7 Å². The fourth-order valence-corrected chi connectivity index (χ4v) is 5.51. The molecule has 0 N–H and O–H groups in total. The van der Waals surface area contributed by atoms with Crippen molar-refractivity contribution in [1.29, 1.82) is 0 Å². The second-order valence-electron chi connectivity index (χ2n) is 7.18. The number of pyridine rings is 2. The van der Waals surface area contributed by atoms with Crippen LogP contribution in [0.2, 0.25) is 0 Å². The lowest BCUT2D eigenvalue weighted by atomic mass is 10.1. The lowest BCUT2D eigenvalue weighted by Crippen LogP contribution is -2.34. The van der Waals surface area contributed by atoms with Crippen LogP contribution in [0.15, 0.2) is 46.6 Å². The summed E-state index contributed by atoms with van der Waals surface area (Å²) in [5.41, 5.74) is 2.84. The summed E-state index contributed by atoms with van der Waals surface area (Å²) in [4.78, 5) is 16.2. The quantitative estimate of drug-likeness (QED) is 0.651. The number of sulfonamides is 1. The van der Waals surface area contributed by atoms with E-state index in [1.54, 1.807) is 41.1 Å². The molecule has 0 radical (unpaired) electrons. The SMILES string of the molecule is Cc1cc(-c2ccc3ncc(S(=O)(=O)N4CCC[C@@H]4C)n3c2)cn(C)c1=O.S. The van der Waals surface area contributed by atoms with Crippen molar-refractivity contribution in [2.75, 3.05) is 6.54 Å². The van der Waals surface area contributed by atoms with Crippen LogP contribution in [-0.4, -0.2) is 39.3 Å². The second kappa shape index (κ2) is 7.38. The van der Waals surface area contributed by atoms with Gasteiger partial charge in [-0.3, -0.25) is 9.20 Å². The van der Waals surface area contributed by atoms with Gasteiger partial charge in [0.1, 0.15) is 5.65 Å². The molecule has 0 aliphatic carbocycles. The standard InChI is InChI=1S/C19H22N4O3S.H2S/c1-13-9-16(11-21(3)19(13)24)15-6-7-17-20-10-18(22(17)12-15)27(25,26)23-8-4-5-14(23)2;/h6-7,9-12,14H,4-5,8H2,1-3H3;1H2/t14-;/m0./s1. The number of hydrogen-bond donors (Lipinski definition) is 0. The summed E-state index contributed by atoms with van der Waals surface area (Å²) < 4.78 is 31.0. The molecular weight excluding hydrogens is 396 g/mol. The molecule has 3 aromatic rings. The predicted octanol–water partition coefficient (Wildman–Crippen LogP) is 2.29. The normalized spacial score (nSPS) is 17.8. The number of aromatic nitrogens is 3. The molecule has 1 aliphatic heterocycles. The Morgan fingerprint density at radius 1 is 1.18 bits per heavy atom. The third-order valence-electron chi connectivity index (χ3n) is 5.23. The zero-order chi connectivity index (χ0) is 19.3. The molecule has 0 aromatic carbocycles. The molecule has 150 valence electrons. The van der Waals surface area contributed by atoms with Crippen molar-refractivity contribution in [1.82, 2.24) is 18.3 Å².